The number of halogens is 1. The maximum atomic E-state index is 13.5. The van der Waals surface area contributed by atoms with Gasteiger partial charge in [0.05, 0.1) is 0 Å². The minimum absolute atomic E-state index is 0.0196. The summed E-state index contributed by atoms with van der Waals surface area (Å²) in [6, 6.07) is 1.34. The predicted molar refractivity (Wildman–Crippen MR) is 64.7 cm³/mol. The summed E-state index contributed by atoms with van der Waals surface area (Å²) in [5, 5.41) is 0. The summed E-state index contributed by atoms with van der Waals surface area (Å²) in [6.45, 7) is 6.43. The van der Waals surface area contributed by atoms with E-state index in [0.29, 0.717) is 18.7 Å². The molecule has 1 aromatic heterocycles. The van der Waals surface area contributed by atoms with Gasteiger partial charge >= 0.3 is 6.09 Å². The first-order chi connectivity index (χ1) is 8.37. The van der Waals surface area contributed by atoms with Crippen LogP contribution in [0, 0.1) is 5.82 Å². The Hall–Kier alpha value is -1.65. The van der Waals surface area contributed by atoms with Crippen LogP contribution >= 0.6 is 0 Å². The molecule has 1 amide bonds. The van der Waals surface area contributed by atoms with E-state index in [1.54, 1.807) is 4.90 Å². The van der Waals surface area contributed by atoms with Gasteiger partial charge in [-0.1, -0.05) is 0 Å². The predicted octanol–water partition coefficient (Wildman–Crippen LogP) is 2.56. The molecule has 0 bridgehead atoms. The summed E-state index contributed by atoms with van der Waals surface area (Å²) in [6.07, 6.45) is 2.60. The summed E-state index contributed by atoms with van der Waals surface area (Å²) in [4.78, 5) is 17.2. The molecule has 2 rings (SSSR count). The van der Waals surface area contributed by atoms with Crippen molar-refractivity contribution in [3.05, 3.63) is 29.8 Å². The molecule has 1 aromatic rings. The third-order valence-corrected chi connectivity index (χ3v) is 2.77. The Labute approximate surface area is 106 Å². The van der Waals surface area contributed by atoms with Crippen molar-refractivity contribution >= 4 is 6.09 Å². The Balaban J connectivity index is 1.91. The van der Waals surface area contributed by atoms with E-state index < -0.39 is 5.60 Å². The molecular formula is C13H17FN2O2. The number of likely N-dealkylation sites (tertiary alicyclic amines) is 1. The quantitative estimate of drug-likeness (QED) is 0.771. The lowest BCUT2D eigenvalue weighted by Crippen LogP contribution is -2.50. The van der Waals surface area contributed by atoms with Gasteiger partial charge in [-0.15, -0.1) is 0 Å². The number of hydrogen-bond donors (Lipinski definition) is 0. The molecule has 1 aliphatic rings. The number of pyridine rings is 1. The van der Waals surface area contributed by atoms with Crippen LogP contribution in [0.15, 0.2) is 18.5 Å². The van der Waals surface area contributed by atoms with E-state index in [-0.39, 0.29) is 17.8 Å². The van der Waals surface area contributed by atoms with E-state index in [1.165, 1.54) is 18.5 Å². The van der Waals surface area contributed by atoms with E-state index in [4.69, 9.17) is 4.74 Å². The van der Waals surface area contributed by atoms with Crippen LogP contribution in [0.3, 0.4) is 0 Å². The molecule has 98 valence electrons. The molecule has 1 fully saturated rings. The van der Waals surface area contributed by atoms with E-state index in [1.807, 2.05) is 20.8 Å². The van der Waals surface area contributed by atoms with Crippen molar-refractivity contribution in [3.63, 3.8) is 0 Å². The number of nitrogens with zero attached hydrogens (tertiary/aromatic N) is 2. The molecule has 18 heavy (non-hydrogen) atoms. The first-order valence-electron chi connectivity index (χ1n) is 5.94. The number of aromatic nitrogens is 1. The number of amides is 1. The highest BCUT2D eigenvalue weighted by Crippen LogP contribution is 2.29. The van der Waals surface area contributed by atoms with Crippen LogP contribution < -0.4 is 0 Å². The van der Waals surface area contributed by atoms with Crippen molar-refractivity contribution in [1.82, 2.24) is 9.88 Å². The smallest absolute Gasteiger partial charge is 0.410 e. The molecule has 0 saturated carbocycles. The molecular weight excluding hydrogens is 235 g/mol. The number of hydrogen-bond acceptors (Lipinski definition) is 3. The van der Waals surface area contributed by atoms with E-state index in [0.717, 1.165) is 0 Å². The molecule has 0 radical (unpaired) electrons. The van der Waals surface area contributed by atoms with Gasteiger partial charge in [0.15, 0.2) is 0 Å². The zero-order valence-corrected chi connectivity index (χ0v) is 10.8. The zero-order chi connectivity index (χ0) is 13.3. The monoisotopic (exact) mass is 252 g/mol. The van der Waals surface area contributed by atoms with Gasteiger partial charge in [0.2, 0.25) is 0 Å². The molecule has 0 aromatic carbocycles. The SMILES string of the molecule is CC(C)(C)OC(=O)N1CC(c2cnccc2F)C1. The van der Waals surface area contributed by atoms with Gasteiger partial charge in [-0.25, -0.2) is 9.18 Å². The Bertz CT molecular complexity index is 451. The molecule has 0 spiro atoms. The molecule has 0 aliphatic carbocycles. The minimum Gasteiger partial charge on any atom is -0.444 e. The highest BCUT2D eigenvalue weighted by molar-refractivity contribution is 5.69. The van der Waals surface area contributed by atoms with Gasteiger partial charge in [-0.05, 0) is 26.8 Å². The fourth-order valence-corrected chi connectivity index (χ4v) is 1.84. The topological polar surface area (TPSA) is 42.4 Å². The van der Waals surface area contributed by atoms with Crippen LogP contribution in [-0.4, -0.2) is 34.7 Å². The maximum Gasteiger partial charge on any atom is 0.410 e. The molecule has 1 aliphatic heterocycles. The van der Waals surface area contributed by atoms with Crippen molar-refractivity contribution in [1.29, 1.82) is 0 Å². The molecule has 0 unspecified atom stereocenters. The van der Waals surface area contributed by atoms with Crippen LogP contribution in [0.5, 0.6) is 0 Å². The number of rotatable bonds is 1. The van der Waals surface area contributed by atoms with Crippen LogP contribution in [0.4, 0.5) is 9.18 Å². The van der Waals surface area contributed by atoms with Gasteiger partial charge < -0.3 is 9.64 Å². The third-order valence-electron chi connectivity index (χ3n) is 2.77. The van der Waals surface area contributed by atoms with Crippen molar-refractivity contribution in [2.75, 3.05) is 13.1 Å². The average molecular weight is 252 g/mol. The van der Waals surface area contributed by atoms with Crippen molar-refractivity contribution in [2.45, 2.75) is 32.3 Å². The second-order valence-electron chi connectivity index (χ2n) is 5.48. The van der Waals surface area contributed by atoms with Crippen LogP contribution in [0.1, 0.15) is 32.3 Å². The summed E-state index contributed by atoms with van der Waals surface area (Å²) in [5.74, 6) is -0.245. The zero-order valence-electron chi connectivity index (χ0n) is 10.8. The standard InChI is InChI=1S/C13H17FN2O2/c1-13(2,3)18-12(17)16-7-9(8-16)10-6-15-5-4-11(10)14/h4-6,9H,7-8H2,1-3H3. The second-order valence-corrected chi connectivity index (χ2v) is 5.48. The van der Waals surface area contributed by atoms with Crippen molar-refractivity contribution < 1.29 is 13.9 Å². The molecule has 5 heteroatoms. The molecule has 1 saturated heterocycles. The summed E-state index contributed by atoms with van der Waals surface area (Å²) >= 11 is 0. The minimum atomic E-state index is -0.498. The normalized spacial score (nSPS) is 16.3. The third kappa shape index (κ3) is 2.78. The first kappa shape index (κ1) is 12.8. The summed E-state index contributed by atoms with van der Waals surface area (Å²) < 4.78 is 18.7. The lowest BCUT2D eigenvalue weighted by Gasteiger charge is -2.39. The highest BCUT2D eigenvalue weighted by atomic mass is 19.1. The van der Waals surface area contributed by atoms with Crippen LogP contribution in [-0.2, 0) is 4.74 Å². The van der Waals surface area contributed by atoms with Crippen molar-refractivity contribution in [2.24, 2.45) is 0 Å². The fourth-order valence-electron chi connectivity index (χ4n) is 1.84. The van der Waals surface area contributed by atoms with Gasteiger partial charge in [0.25, 0.3) is 0 Å². The van der Waals surface area contributed by atoms with Crippen LogP contribution in [0.25, 0.3) is 0 Å². The molecule has 2 heterocycles. The van der Waals surface area contributed by atoms with E-state index in [9.17, 15) is 9.18 Å². The van der Waals surface area contributed by atoms with Crippen molar-refractivity contribution in [3.8, 4) is 0 Å². The number of carbonyl (C=O) groups is 1. The maximum absolute atomic E-state index is 13.5. The van der Waals surface area contributed by atoms with E-state index in [2.05, 4.69) is 4.98 Å². The van der Waals surface area contributed by atoms with Gasteiger partial charge in [-0.2, -0.15) is 0 Å². The number of ether oxygens (including phenoxy) is 1. The Kier molecular flexibility index (Phi) is 3.24. The Morgan fingerprint density at radius 1 is 1.50 bits per heavy atom. The Morgan fingerprint density at radius 2 is 2.17 bits per heavy atom. The number of carbonyl (C=O) groups excluding carboxylic acids is 1. The first-order valence-corrected chi connectivity index (χ1v) is 5.94. The fraction of sp³-hybridized carbons (Fsp3) is 0.538. The average Bonchev–Trinajstić information content (AvgIpc) is 2.15. The van der Waals surface area contributed by atoms with Gasteiger partial charge in [0, 0.05) is 37.0 Å². The Morgan fingerprint density at radius 3 is 2.72 bits per heavy atom. The van der Waals surface area contributed by atoms with Gasteiger partial charge in [-0.3, -0.25) is 4.98 Å². The van der Waals surface area contributed by atoms with Crippen LogP contribution in [0.2, 0.25) is 0 Å². The lowest BCUT2D eigenvalue weighted by atomic mass is 9.93. The second kappa shape index (κ2) is 4.55. The highest BCUT2D eigenvalue weighted by Gasteiger charge is 2.35. The summed E-state index contributed by atoms with van der Waals surface area (Å²) in [7, 11) is 0. The largest absolute Gasteiger partial charge is 0.444 e. The van der Waals surface area contributed by atoms with Gasteiger partial charge in [0.1, 0.15) is 11.4 Å². The molecule has 0 N–H and O–H groups in total. The molecule has 4 nitrogen and oxygen atoms in total. The molecule has 0 atom stereocenters. The lowest BCUT2D eigenvalue weighted by molar-refractivity contribution is 0.00787. The van der Waals surface area contributed by atoms with E-state index >= 15 is 0 Å². The summed E-state index contributed by atoms with van der Waals surface area (Å²) in [5.41, 5.74) is 0.0687.